The molecule has 4 N–H and O–H groups in total. The van der Waals surface area contributed by atoms with E-state index in [1.807, 2.05) is 24.4 Å². The number of aromatic nitrogens is 2. The van der Waals surface area contributed by atoms with Crippen molar-refractivity contribution in [1.82, 2.24) is 14.9 Å². The minimum absolute atomic E-state index is 0.0465. The van der Waals surface area contributed by atoms with Gasteiger partial charge in [0.05, 0.1) is 0 Å². The average Bonchev–Trinajstić information content (AvgIpc) is 3.06. The van der Waals surface area contributed by atoms with Crippen molar-refractivity contribution in [3.63, 3.8) is 0 Å². The molecule has 0 bridgehead atoms. The second kappa shape index (κ2) is 8.54. The van der Waals surface area contributed by atoms with Crippen LogP contribution in [0.15, 0.2) is 33.2 Å². The van der Waals surface area contributed by atoms with E-state index in [2.05, 4.69) is 10.3 Å². The van der Waals surface area contributed by atoms with Crippen LogP contribution in [0.2, 0.25) is 0 Å². The summed E-state index contributed by atoms with van der Waals surface area (Å²) in [5.41, 5.74) is 4.55. The molecular weight excluding hydrogens is 360 g/mol. The Balaban J connectivity index is 2.22. The average molecular weight is 378 g/mol. The maximum Gasteiger partial charge on any atom is 0.329 e. The lowest BCUT2D eigenvalue weighted by molar-refractivity contribution is -0.115. The van der Waals surface area contributed by atoms with Gasteiger partial charge in [0.25, 0.3) is 5.56 Å². The van der Waals surface area contributed by atoms with Gasteiger partial charge in [0.1, 0.15) is 16.4 Å². The van der Waals surface area contributed by atoms with E-state index < -0.39 is 17.2 Å². The topological polar surface area (TPSA) is 110 Å². The molecule has 0 spiro atoms. The number of H-pyrrole nitrogens is 1. The number of nitrogens with zero attached hydrogens (tertiary/aromatic N) is 1. The van der Waals surface area contributed by atoms with Crippen LogP contribution in [0.5, 0.6) is 0 Å². The SMILES string of the molecule is CCCCn1c(N)c(C(=S)NC(=O)C=Cc2cccs2)c(=O)[nH]c1=O. The van der Waals surface area contributed by atoms with E-state index in [1.165, 1.54) is 22.0 Å². The molecule has 2 heterocycles. The molecule has 0 radical (unpaired) electrons. The summed E-state index contributed by atoms with van der Waals surface area (Å²) in [4.78, 5) is 38.9. The smallest absolute Gasteiger partial charge is 0.329 e. The number of unbranched alkanes of at least 4 members (excludes halogenated alkanes) is 1. The van der Waals surface area contributed by atoms with E-state index in [1.54, 1.807) is 6.08 Å². The number of rotatable bonds is 6. The maximum absolute atomic E-state index is 12.1. The van der Waals surface area contributed by atoms with Crippen LogP contribution in [0, 0.1) is 0 Å². The molecule has 25 heavy (non-hydrogen) atoms. The molecule has 7 nitrogen and oxygen atoms in total. The lowest BCUT2D eigenvalue weighted by Crippen LogP contribution is -2.40. The van der Waals surface area contributed by atoms with Gasteiger partial charge >= 0.3 is 5.69 Å². The first-order valence-electron chi connectivity index (χ1n) is 7.63. The number of anilines is 1. The summed E-state index contributed by atoms with van der Waals surface area (Å²) in [5.74, 6) is -0.529. The fourth-order valence-corrected chi connectivity index (χ4v) is 3.02. The van der Waals surface area contributed by atoms with Gasteiger partial charge < -0.3 is 11.1 Å². The molecule has 0 aliphatic carbocycles. The predicted molar refractivity (Wildman–Crippen MR) is 104 cm³/mol. The van der Waals surface area contributed by atoms with E-state index in [4.69, 9.17) is 18.0 Å². The fourth-order valence-electron chi connectivity index (χ4n) is 2.11. The van der Waals surface area contributed by atoms with Crippen LogP contribution in [0.4, 0.5) is 5.82 Å². The number of thiophene rings is 1. The van der Waals surface area contributed by atoms with Gasteiger partial charge in [0.15, 0.2) is 0 Å². The highest BCUT2D eigenvalue weighted by Gasteiger charge is 2.17. The zero-order chi connectivity index (χ0) is 18.4. The van der Waals surface area contributed by atoms with Crippen molar-refractivity contribution in [3.8, 4) is 0 Å². The highest BCUT2D eigenvalue weighted by atomic mass is 32.1. The molecule has 0 aromatic carbocycles. The second-order valence-electron chi connectivity index (χ2n) is 5.19. The molecule has 0 aliphatic rings. The van der Waals surface area contributed by atoms with Crippen molar-refractivity contribution in [3.05, 3.63) is 54.9 Å². The molecule has 9 heteroatoms. The summed E-state index contributed by atoms with van der Waals surface area (Å²) in [6.45, 7) is 2.33. The van der Waals surface area contributed by atoms with Crippen molar-refractivity contribution in [1.29, 1.82) is 0 Å². The maximum atomic E-state index is 12.1. The third kappa shape index (κ3) is 4.74. The Morgan fingerprint density at radius 2 is 2.24 bits per heavy atom. The molecule has 0 saturated heterocycles. The number of carbonyl (C=O) groups excluding carboxylic acids is 1. The van der Waals surface area contributed by atoms with Gasteiger partial charge in [0, 0.05) is 17.5 Å². The second-order valence-corrected chi connectivity index (χ2v) is 6.58. The van der Waals surface area contributed by atoms with Gasteiger partial charge in [0.2, 0.25) is 5.91 Å². The standard InChI is InChI=1S/C16H18N4O3S2/c1-2-3-8-20-13(17)12(14(22)19-16(20)23)15(24)18-11(21)7-6-10-5-4-9-25-10/h4-7,9H,2-3,8,17H2,1H3,(H,18,21,24)(H,19,22,23). The molecule has 2 rings (SSSR count). The summed E-state index contributed by atoms with van der Waals surface area (Å²) in [5, 5.41) is 4.33. The molecule has 0 atom stereocenters. The third-order valence-corrected chi connectivity index (χ3v) is 4.52. The normalized spacial score (nSPS) is 10.9. The van der Waals surface area contributed by atoms with Gasteiger partial charge in [-0.05, 0) is 23.9 Å². The van der Waals surface area contributed by atoms with Crippen molar-refractivity contribution in [2.45, 2.75) is 26.3 Å². The zero-order valence-corrected chi connectivity index (χ0v) is 15.2. The van der Waals surface area contributed by atoms with Crippen molar-refractivity contribution in [2.24, 2.45) is 0 Å². The molecule has 0 unspecified atom stereocenters. The van der Waals surface area contributed by atoms with Crippen LogP contribution in [0.25, 0.3) is 6.08 Å². The number of aromatic amines is 1. The molecule has 0 aliphatic heterocycles. The van der Waals surface area contributed by atoms with E-state index in [-0.39, 0.29) is 16.4 Å². The van der Waals surface area contributed by atoms with E-state index >= 15 is 0 Å². The Kier molecular flexibility index (Phi) is 6.43. The van der Waals surface area contributed by atoms with Crippen molar-refractivity contribution in [2.75, 3.05) is 5.73 Å². The molecule has 0 saturated carbocycles. The van der Waals surface area contributed by atoms with Gasteiger partial charge in [-0.2, -0.15) is 0 Å². The largest absolute Gasteiger partial charge is 0.384 e. The Hall–Kier alpha value is -2.52. The molecule has 1 amide bonds. The highest BCUT2D eigenvalue weighted by molar-refractivity contribution is 7.80. The minimum Gasteiger partial charge on any atom is -0.384 e. The summed E-state index contributed by atoms with van der Waals surface area (Å²) in [7, 11) is 0. The minimum atomic E-state index is -0.720. The summed E-state index contributed by atoms with van der Waals surface area (Å²) in [6.07, 6.45) is 4.53. The number of nitrogen functional groups attached to an aromatic ring is 1. The van der Waals surface area contributed by atoms with Crippen LogP contribution >= 0.6 is 23.6 Å². The number of thiocarbonyl (C=S) groups is 1. The quantitative estimate of drug-likeness (QED) is 0.521. The van der Waals surface area contributed by atoms with Crippen LogP contribution in [-0.4, -0.2) is 20.4 Å². The summed E-state index contributed by atoms with van der Waals surface area (Å²) < 4.78 is 1.25. The summed E-state index contributed by atoms with van der Waals surface area (Å²) in [6, 6.07) is 3.73. The Morgan fingerprint density at radius 1 is 1.48 bits per heavy atom. The lowest BCUT2D eigenvalue weighted by Gasteiger charge is -2.13. The zero-order valence-electron chi connectivity index (χ0n) is 13.6. The van der Waals surface area contributed by atoms with Gasteiger partial charge in [-0.1, -0.05) is 31.6 Å². The van der Waals surface area contributed by atoms with Crippen LogP contribution < -0.4 is 22.3 Å². The number of nitrogens with two attached hydrogens (primary N) is 1. The van der Waals surface area contributed by atoms with Crippen LogP contribution in [0.3, 0.4) is 0 Å². The molecular formula is C16H18N4O3S2. The Bertz CT molecular complexity index is 910. The number of hydrogen-bond acceptors (Lipinski definition) is 6. The highest BCUT2D eigenvalue weighted by Crippen LogP contribution is 2.10. The third-order valence-electron chi connectivity index (χ3n) is 3.38. The number of nitrogens with one attached hydrogen (secondary N) is 2. The van der Waals surface area contributed by atoms with E-state index in [9.17, 15) is 14.4 Å². The van der Waals surface area contributed by atoms with Gasteiger partial charge in [-0.3, -0.25) is 19.1 Å². The number of carbonyl (C=O) groups is 1. The first kappa shape index (κ1) is 18.8. The van der Waals surface area contributed by atoms with Gasteiger partial charge in [-0.15, -0.1) is 11.3 Å². The molecule has 132 valence electrons. The van der Waals surface area contributed by atoms with Gasteiger partial charge in [-0.25, -0.2) is 4.79 Å². The Labute approximate surface area is 153 Å². The fraction of sp³-hybridized carbons (Fsp3) is 0.250. The van der Waals surface area contributed by atoms with E-state index in [0.29, 0.717) is 6.54 Å². The molecule has 0 fully saturated rings. The Morgan fingerprint density at radius 3 is 2.88 bits per heavy atom. The van der Waals surface area contributed by atoms with Crippen LogP contribution in [0.1, 0.15) is 30.2 Å². The first-order valence-corrected chi connectivity index (χ1v) is 8.92. The lowest BCUT2D eigenvalue weighted by atomic mass is 10.2. The molecule has 2 aromatic rings. The first-order chi connectivity index (χ1) is 11.9. The van der Waals surface area contributed by atoms with Crippen molar-refractivity contribution < 1.29 is 4.79 Å². The number of hydrogen-bond donors (Lipinski definition) is 3. The van der Waals surface area contributed by atoms with Crippen LogP contribution in [-0.2, 0) is 11.3 Å². The predicted octanol–water partition coefficient (Wildman–Crippen LogP) is 1.49. The monoisotopic (exact) mass is 378 g/mol. The van der Waals surface area contributed by atoms with Crippen molar-refractivity contribution >= 4 is 46.3 Å². The molecule has 2 aromatic heterocycles. The number of amides is 1. The van der Waals surface area contributed by atoms with E-state index in [0.717, 1.165) is 17.7 Å². The summed E-state index contributed by atoms with van der Waals surface area (Å²) >= 11 is 6.61.